The summed E-state index contributed by atoms with van der Waals surface area (Å²) in [7, 11) is 3.33. The predicted octanol–water partition coefficient (Wildman–Crippen LogP) is 1.27. The van der Waals surface area contributed by atoms with Crippen LogP contribution in [0.5, 0.6) is 11.5 Å². The minimum absolute atomic E-state index is 0.188. The van der Waals surface area contributed by atoms with E-state index >= 15 is 0 Å². The van der Waals surface area contributed by atoms with E-state index in [-0.39, 0.29) is 6.10 Å². The Morgan fingerprint density at radius 1 is 1.35 bits per heavy atom. The first-order valence-corrected chi connectivity index (χ1v) is 5.84. The first-order chi connectivity index (χ1) is 8.22. The lowest BCUT2D eigenvalue weighted by atomic mass is 10.1. The van der Waals surface area contributed by atoms with Gasteiger partial charge in [-0.2, -0.15) is 0 Å². The highest BCUT2D eigenvalue weighted by Gasteiger charge is 2.21. The molecule has 1 aliphatic heterocycles. The molecule has 4 nitrogen and oxygen atoms in total. The van der Waals surface area contributed by atoms with Crippen molar-refractivity contribution in [3.05, 3.63) is 23.8 Å². The van der Waals surface area contributed by atoms with Gasteiger partial charge in [0.15, 0.2) is 0 Å². The molecule has 2 rings (SSSR count). The highest BCUT2D eigenvalue weighted by Crippen LogP contribution is 2.26. The molecule has 1 aromatic carbocycles. The Kier molecular flexibility index (Phi) is 3.86. The normalized spacial score (nSPS) is 20.5. The fourth-order valence-corrected chi connectivity index (χ4v) is 2.20. The van der Waals surface area contributed by atoms with Gasteiger partial charge in [-0.15, -0.1) is 0 Å². The van der Waals surface area contributed by atoms with Crippen LogP contribution in [0, 0.1) is 0 Å². The average Bonchev–Trinajstić information content (AvgIpc) is 2.74. The summed E-state index contributed by atoms with van der Waals surface area (Å²) in [5.41, 5.74) is 1.10. The minimum Gasteiger partial charge on any atom is -0.497 e. The second kappa shape index (κ2) is 5.38. The quantitative estimate of drug-likeness (QED) is 0.856. The fraction of sp³-hybridized carbons (Fsp3) is 0.538. The maximum Gasteiger partial charge on any atom is 0.123 e. The molecule has 1 fully saturated rings. The van der Waals surface area contributed by atoms with E-state index < -0.39 is 0 Å². The highest BCUT2D eigenvalue weighted by molar-refractivity contribution is 5.40. The third kappa shape index (κ3) is 2.90. The molecule has 0 bridgehead atoms. The number of nitrogens with zero attached hydrogens (tertiary/aromatic N) is 1. The third-order valence-corrected chi connectivity index (χ3v) is 3.13. The molecule has 1 atom stereocenters. The third-order valence-electron chi connectivity index (χ3n) is 3.13. The number of methoxy groups -OCH3 is 2. The predicted molar refractivity (Wildman–Crippen MR) is 65.4 cm³/mol. The molecule has 94 valence electrons. The van der Waals surface area contributed by atoms with Crippen LogP contribution in [0.25, 0.3) is 0 Å². The van der Waals surface area contributed by atoms with E-state index in [1.807, 2.05) is 18.2 Å². The van der Waals surface area contributed by atoms with E-state index in [0.717, 1.165) is 43.1 Å². The number of benzene rings is 1. The molecule has 0 amide bonds. The molecule has 0 unspecified atom stereocenters. The lowest BCUT2D eigenvalue weighted by Crippen LogP contribution is -2.21. The van der Waals surface area contributed by atoms with Crippen LogP contribution in [0.2, 0.25) is 0 Å². The lowest BCUT2D eigenvalue weighted by molar-refractivity contribution is 0.174. The van der Waals surface area contributed by atoms with Gasteiger partial charge in [0, 0.05) is 25.2 Å². The Morgan fingerprint density at radius 3 is 2.76 bits per heavy atom. The summed E-state index contributed by atoms with van der Waals surface area (Å²) in [5.74, 6) is 1.70. The van der Waals surface area contributed by atoms with E-state index in [0.29, 0.717) is 0 Å². The largest absolute Gasteiger partial charge is 0.497 e. The van der Waals surface area contributed by atoms with Crippen LogP contribution in [-0.2, 0) is 6.54 Å². The Balaban J connectivity index is 2.12. The van der Waals surface area contributed by atoms with Crippen molar-refractivity contribution in [3.8, 4) is 11.5 Å². The van der Waals surface area contributed by atoms with Gasteiger partial charge < -0.3 is 14.6 Å². The molecule has 0 aliphatic carbocycles. The summed E-state index contributed by atoms with van der Waals surface area (Å²) in [6.45, 7) is 2.46. The van der Waals surface area contributed by atoms with Crippen LogP contribution in [0.15, 0.2) is 18.2 Å². The summed E-state index contributed by atoms with van der Waals surface area (Å²) < 4.78 is 10.6. The summed E-state index contributed by atoms with van der Waals surface area (Å²) in [6, 6.07) is 5.80. The number of β-amino-alcohol motifs (C(OH)–C–C–N with tert-alkyl or cyclic N) is 1. The highest BCUT2D eigenvalue weighted by atomic mass is 16.5. The first-order valence-electron chi connectivity index (χ1n) is 5.84. The summed E-state index contributed by atoms with van der Waals surface area (Å²) in [4.78, 5) is 2.22. The molecule has 1 aromatic rings. The first kappa shape index (κ1) is 12.2. The van der Waals surface area contributed by atoms with Gasteiger partial charge in [-0.05, 0) is 24.6 Å². The van der Waals surface area contributed by atoms with Crippen molar-refractivity contribution < 1.29 is 14.6 Å². The molecule has 0 spiro atoms. The van der Waals surface area contributed by atoms with Crippen molar-refractivity contribution in [1.82, 2.24) is 4.90 Å². The molecule has 17 heavy (non-hydrogen) atoms. The van der Waals surface area contributed by atoms with Crippen molar-refractivity contribution in [1.29, 1.82) is 0 Å². The van der Waals surface area contributed by atoms with E-state index in [1.54, 1.807) is 14.2 Å². The monoisotopic (exact) mass is 237 g/mol. The summed E-state index contributed by atoms with van der Waals surface area (Å²) in [6.07, 6.45) is 0.665. The second-order valence-electron chi connectivity index (χ2n) is 4.36. The molecule has 4 heteroatoms. The molecular formula is C13H19NO3. The number of rotatable bonds is 4. The van der Waals surface area contributed by atoms with Gasteiger partial charge in [-0.25, -0.2) is 0 Å². The van der Waals surface area contributed by atoms with Crippen LogP contribution in [0.4, 0.5) is 0 Å². The van der Waals surface area contributed by atoms with E-state index in [4.69, 9.17) is 9.47 Å². The zero-order valence-electron chi connectivity index (χ0n) is 10.3. The van der Waals surface area contributed by atoms with Gasteiger partial charge in [0.25, 0.3) is 0 Å². The molecule has 1 N–H and O–H groups in total. The van der Waals surface area contributed by atoms with Gasteiger partial charge in [-0.3, -0.25) is 4.90 Å². The average molecular weight is 237 g/mol. The zero-order chi connectivity index (χ0) is 12.3. The molecule has 0 aromatic heterocycles. The minimum atomic E-state index is -0.188. The molecule has 1 saturated heterocycles. The smallest absolute Gasteiger partial charge is 0.123 e. The van der Waals surface area contributed by atoms with Crippen LogP contribution in [-0.4, -0.2) is 43.4 Å². The van der Waals surface area contributed by atoms with E-state index in [1.165, 1.54) is 0 Å². The van der Waals surface area contributed by atoms with Gasteiger partial charge in [0.1, 0.15) is 11.5 Å². The van der Waals surface area contributed by atoms with Crippen molar-refractivity contribution >= 4 is 0 Å². The summed E-state index contributed by atoms with van der Waals surface area (Å²) >= 11 is 0. The zero-order valence-corrected chi connectivity index (χ0v) is 10.3. The number of hydrogen-bond acceptors (Lipinski definition) is 4. The van der Waals surface area contributed by atoms with Crippen LogP contribution >= 0.6 is 0 Å². The van der Waals surface area contributed by atoms with Crippen LogP contribution < -0.4 is 9.47 Å². The van der Waals surface area contributed by atoms with Crippen molar-refractivity contribution in [2.75, 3.05) is 27.3 Å². The van der Waals surface area contributed by atoms with E-state index in [9.17, 15) is 5.11 Å². The topological polar surface area (TPSA) is 41.9 Å². The molecule has 0 radical (unpaired) electrons. The van der Waals surface area contributed by atoms with Crippen LogP contribution in [0.1, 0.15) is 12.0 Å². The Bertz CT molecular complexity index is 381. The number of aliphatic hydroxyl groups excluding tert-OH is 1. The van der Waals surface area contributed by atoms with Gasteiger partial charge in [0.2, 0.25) is 0 Å². The van der Waals surface area contributed by atoms with Gasteiger partial charge >= 0.3 is 0 Å². The maximum absolute atomic E-state index is 9.51. The molecular weight excluding hydrogens is 218 g/mol. The Labute approximate surface area is 102 Å². The molecule has 1 heterocycles. The molecule has 1 aliphatic rings. The Morgan fingerprint density at radius 2 is 2.18 bits per heavy atom. The number of ether oxygens (including phenoxy) is 2. The fourth-order valence-electron chi connectivity index (χ4n) is 2.20. The standard InChI is InChI=1S/C13H19NO3/c1-16-12-3-4-13(17-2)10(7-12)8-14-6-5-11(15)9-14/h3-4,7,11,15H,5-6,8-9H2,1-2H3/t11-/m1/s1. The number of hydrogen-bond donors (Lipinski definition) is 1. The second-order valence-corrected chi connectivity index (χ2v) is 4.36. The SMILES string of the molecule is COc1ccc(OC)c(CN2CC[C@@H](O)C2)c1. The van der Waals surface area contributed by atoms with Crippen molar-refractivity contribution in [2.24, 2.45) is 0 Å². The van der Waals surface area contributed by atoms with Gasteiger partial charge in [-0.1, -0.05) is 0 Å². The maximum atomic E-state index is 9.51. The van der Waals surface area contributed by atoms with Gasteiger partial charge in [0.05, 0.1) is 20.3 Å². The van der Waals surface area contributed by atoms with Crippen LogP contribution in [0.3, 0.4) is 0 Å². The Hall–Kier alpha value is -1.26. The molecule has 0 saturated carbocycles. The number of aliphatic hydroxyl groups is 1. The lowest BCUT2D eigenvalue weighted by Gasteiger charge is -2.17. The summed E-state index contributed by atoms with van der Waals surface area (Å²) in [5, 5.41) is 9.51. The van der Waals surface area contributed by atoms with Crippen molar-refractivity contribution in [2.45, 2.75) is 19.1 Å². The van der Waals surface area contributed by atoms with E-state index in [2.05, 4.69) is 4.90 Å². The van der Waals surface area contributed by atoms with Crippen molar-refractivity contribution in [3.63, 3.8) is 0 Å². The number of likely N-dealkylation sites (tertiary alicyclic amines) is 1.